The zero-order valence-electron chi connectivity index (χ0n) is 14.7. The number of nitrogens with one attached hydrogen (secondary N) is 1. The molecule has 3 aromatic rings. The Kier molecular flexibility index (Phi) is 5.05. The molecule has 0 bridgehead atoms. The second kappa shape index (κ2) is 7.40. The molecule has 3 rings (SSSR count). The number of aromatic nitrogens is 2. The van der Waals surface area contributed by atoms with Crippen molar-refractivity contribution in [3.63, 3.8) is 0 Å². The highest BCUT2D eigenvalue weighted by Crippen LogP contribution is 2.30. The molecule has 25 heavy (non-hydrogen) atoms. The van der Waals surface area contributed by atoms with Gasteiger partial charge in [-0.25, -0.2) is 0 Å². The Bertz CT molecular complexity index is 840. The number of nitrogens with zero attached hydrogens (tertiary/aromatic N) is 1. The SMILES string of the molecule is COc1ccc(-c2cc(C(CN)c3ccc(OC)cc3C)[nH]n2)cc1. The van der Waals surface area contributed by atoms with E-state index in [2.05, 4.69) is 29.3 Å². The van der Waals surface area contributed by atoms with Crippen molar-refractivity contribution in [2.45, 2.75) is 12.8 Å². The van der Waals surface area contributed by atoms with Crippen LogP contribution in [-0.4, -0.2) is 31.0 Å². The maximum Gasteiger partial charge on any atom is 0.119 e. The van der Waals surface area contributed by atoms with E-state index in [0.29, 0.717) is 6.54 Å². The van der Waals surface area contributed by atoms with Crippen LogP contribution < -0.4 is 15.2 Å². The first kappa shape index (κ1) is 17.0. The number of aromatic amines is 1. The average Bonchev–Trinajstić information content (AvgIpc) is 3.13. The van der Waals surface area contributed by atoms with Crippen LogP contribution in [0, 0.1) is 6.92 Å². The third kappa shape index (κ3) is 3.51. The van der Waals surface area contributed by atoms with Gasteiger partial charge in [0.2, 0.25) is 0 Å². The molecule has 5 heteroatoms. The summed E-state index contributed by atoms with van der Waals surface area (Å²) in [6.07, 6.45) is 0. The van der Waals surface area contributed by atoms with Gasteiger partial charge >= 0.3 is 0 Å². The van der Waals surface area contributed by atoms with E-state index in [0.717, 1.165) is 34.0 Å². The summed E-state index contributed by atoms with van der Waals surface area (Å²) in [6.45, 7) is 2.57. The van der Waals surface area contributed by atoms with Crippen molar-refractivity contribution in [2.24, 2.45) is 5.73 Å². The molecule has 0 amide bonds. The molecule has 1 atom stereocenters. The maximum atomic E-state index is 6.07. The molecule has 0 spiro atoms. The fraction of sp³-hybridized carbons (Fsp3) is 0.250. The van der Waals surface area contributed by atoms with Gasteiger partial charge in [-0.2, -0.15) is 5.10 Å². The van der Waals surface area contributed by atoms with Crippen LogP contribution in [0.3, 0.4) is 0 Å². The van der Waals surface area contributed by atoms with E-state index in [1.807, 2.05) is 36.4 Å². The Labute approximate surface area is 147 Å². The lowest BCUT2D eigenvalue weighted by Crippen LogP contribution is -2.15. The lowest BCUT2D eigenvalue weighted by atomic mass is 9.91. The van der Waals surface area contributed by atoms with E-state index in [1.54, 1.807) is 14.2 Å². The summed E-state index contributed by atoms with van der Waals surface area (Å²) in [5.41, 5.74) is 11.3. The molecular weight excluding hydrogens is 314 g/mol. The van der Waals surface area contributed by atoms with Crippen LogP contribution in [0.25, 0.3) is 11.3 Å². The van der Waals surface area contributed by atoms with Crippen LogP contribution >= 0.6 is 0 Å². The number of hydrogen-bond donors (Lipinski definition) is 2. The highest BCUT2D eigenvalue weighted by atomic mass is 16.5. The molecular formula is C20H23N3O2. The third-order valence-electron chi connectivity index (χ3n) is 4.45. The summed E-state index contributed by atoms with van der Waals surface area (Å²) in [4.78, 5) is 0. The normalized spacial score (nSPS) is 12.0. The van der Waals surface area contributed by atoms with Gasteiger partial charge in [0.1, 0.15) is 11.5 Å². The number of nitrogens with two attached hydrogens (primary N) is 1. The number of methoxy groups -OCH3 is 2. The van der Waals surface area contributed by atoms with Gasteiger partial charge in [-0.1, -0.05) is 6.07 Å². The third-order valence-corrected chi connectivity index (χ3v) is 4.45. The van der Waals surface area contributed by atoms with E-state index in [1.165, 1.54) is 5.56 Å². The Morgan fingerprint density at radius 1 is 1.00 bits per heavy atom. The summed E-state index contributed by atoms with van der Waals surface area (Å²) in [5, 5.41) is 7.60. The largest absolute Gasteiger partial charge is 0.497 e. The second-order valence-corrected chi connectivity index (χ2v) is 5.95. The molecule has 1 heterocycles. The predicted octanol–water partition coefficient (Wildman–Crippen LogP) is 3.49. The van der Waals surface area contributed by atoms with Gasteiger partial charge in [0.25, 0.3) is 0 Å². The van der Waals surface area contributed by atoms with E-state index in [9.17, 15) is 0 Å². The summed E-state index contributed by atoms with van der Waals surface area (Å²) in [6, 6.07) is 16.0. The minimum Gasteiger partial charge on any atom is -0.497 e. The van der Waals surface area contributed by atoms with Crippen molar-refractivity contribution in [1.29, 1.82) is 0 Å². The number of rotatable bonds is 6. The molecule has 5 nitrogen and oxygen atoms in total. The van der Waals surface area contributed by atoms with Crippen molar-refractivity contribution < 1.29 is 9.47 Å². The molecule has 0 fully saturated rings. The van der Waals surface area contributed by atoms with Crippen LogP contribution in [-0.2, 0) is 0 Å². The number of benzene rings is 2. The van der Waals surface area contributed by atoms with Gasteiger partial charge in [-0.3, -0.25) is 5.10 Å². The fourth-order valence-electron chi connectivity index (χ4n) is 3.01. The van der Waals surface area contributed by atoms with Crippen LogP contribution in [0.15, 0.2) is 48.5 Å². The molecule has 0 aliphatic heterocycles. The Morgan fingerprint density at radius 3 is 2.28 bits per heavy atom. The monoisotopic (exact) mass is 337 g/mol. The average molecular weight is 337 g/mol. The molecule has 0 aliphatic carbocycles. The molecule has 0 aliphatic rings. The van der Waals surface area contributed by atoms with Crippen LogP contribution in [0.4, 0.5) is 0 Å². The lowest BCUT2D eigenvalue weighted by Gasteiger charge is -2.16. The molecule has 1 aromatic heterocycles. The second-order valence-electron chi connectivity index (χ2n) is 5.95. The highest BCUT2D eigenvalue weighted by molar-refractivity contribution is 5.61. The van der Waals surface area contributed by atoms with Crippen molar-refractivity contribution in [3.8, 4) is 22.8 Å². The Morgan fingerprint density at radius 2 is 1.68 bits per heavy atom. The molecule has 3 N–H and O–H groups in total. The van der Waals surface area contributed by atoms with Gasteiger partial charge in [0.05, 0.1) is 19.9 Å². The van der Waals surface area contributed by atoms with E-state index in [4.69, 9.17) is 15.2 Å². The lowest BCUT2D eigenvalue weighted by molar-refractivity contribution is 0.414. The molecule has 0 saturated heterocycles. The standard InChI is InChI=1S/C20H23N3O2/c1-13-10-16(25-3)8-9-17(13)18(12-21)20-11-19(22-23-20)14-4-6-15(24-2)7-5-14/h4-11,18H,12,21H2,1-3H3,(H,22,23). The molecule has 0 saturated carbocycles. The van der Waals surface area contributed by atoms with Crippen molar-refractivity contribution >= 4 is 0 Å². The topological polar surface area (TPSA) is 73.2 Å². The van der Waals surface area contributed by atoms with Crippen LogP contribution in [0.5, 0.6) is 11.5 Å². The molecule has 130 valence electrons. The van der Waals surface area contributed by atoms with E-state index >= 15 is 0 Å². The van der Waals surface area contributed by atoms with Gasteiger partial charge in [-0.05, 0) is 60.5 Å². The predicted molar refractivity (Wildman–Crippen MR) is 99.2 cm³/mol. The van der Waals surface area contributed by atoms with Gasteiger partial charge < -0.3 is 15.2 Å². The summed E-state index contributed by atoms with van der Waals surface area (Å²) >= 11 is 0. The number of hydrogen-bond acceptors (Lipinski definition) is 4. The number of H-pyrrole nitrogens is 1. The Hall–Kier alpha value is -2.79. The quantitative estimate of drug-likeness (QED) is 0.722. The zero-order valence-corrected chi connectivity index (χ0v) is 14.7. The van der Waals surface area contributed by atoms with Gasteiger partial charge in [0.15, 0.2) is 0 Å². The van der Waals surface area contributed by atoms with E-state index < -0.39 is 0 Å². The summed E-state index contributed by atoms with van der Waals surface area (Å²) < 4.78 is 10.5. The van der Waals surface area contributed by atoms with Gasteiger partial charge in [-0.15, -0.1) is 0 Å². The first-order chi connectivity index (χ1) is 12.2. The van der Waals surface area contributed by atoms with Crippen molar-refractivity contribution in [1.82, 2.24) is 10.2 Å². The minimum atomic E-state index is 0.0606. The maximum absolute atomic E-state index is 6.07. The molecule has 2 aromatic carbocycles. The van der Waals surface area contributed by atoms with Gasteiger partial charge in [0, 0.05) is 23.7 Å². The first-order valence-electron chi connectivity index (χ1n) is 8.20. The van der Waals surface area contributed by atoms with Crippen LogP contribution in [0.2, 0.25) is 0 Å². The van der Waals surface area contributed by atoms with Crippen molar-refractivity contribution in [3.05, 3.63) is 65.4 Å². The van der Waals surface area contributed by atoms with Crippen molar-refractivity contribution in [2.75, 3.05) is 20.8 Å². The number of ether oxygens (including phenoxy) is 2. The van der Waals surface area contributed by atoms with Crippen LogP contribution in [0.1, 0.15) is 22.7 Å². The summed E-state index contributed by atoms with van der Waals surface area (Å²) in [7, 11) is 3.33. The first-order valence-corrected chi connectivity index (χ1v) is 8.20. The molecule has 1 unspecified atom stereocenters. The molecule has 0 radical (unpaired) electrons. The summed E-state index contributed by atoms with van der Waals surface area (Å²) in [5.74, 6) is 1.74. The van der Waals surface area contributed by atoms with E-state index in [-0.39, 0.29) is 5.92 Å². The minimum absolute atomic E-state index is 0.0606. The zero-order chi connectivity index (χ0) is 17.8. The fourth-order valence-corrected chi connectivity index (χ4v) is 3.01. The highest BCUT2D eigenvalue weighted by Gasteiger charge is 2.18. The number of aryl methyl sites for hydroxylation is 1. The Balaban J connectivity index is 1.91. The smallest absolute Gasteiger partial charge is 0.119 e.